The van der Waals surface area contributed by atoms with Gasteiger partial charge < -0.3 is 10.5 Å². The Kier molecular flexibility index (Phi) is 15.6. The topological polar surface area (TPSA) is 73.5 Å². The van der Waals surface area contributed by atoms with Crippen molar-refractivity contribution in [3.8, 4) is 0 Å². The second kappa shape index (κ2) is 14.3. The van der Waals surface area contributed by atoms with Crippen molar-refractivity contribution < 1.29 is 27.2 Å². The Bertz CT molecular complexity index is 306. The summed E-state index contributed by atoms with van der Waals surface area (Å²) in [5.41, 5.74) is 7.18. The first-order valence-corrected chi connectivity index (χ1v) is 5.64. The van der Waals surface area contributed by atoms with Crippen LogP contribution in [0, 0.1) is 4.91 Å². The van der Waals surface area contributed by atoms with E-state index in [2.05, 4.69) is 31.2 Å². The van der Waals surface area contributed by atoms with Gasteiger partial charge in [0, 0.05) is 0 Å². The predicted octanol–water partition coefficient (Wildman–Crippen LogP) is 1.49. The minimum atomic E-state index is -1.12. The van der Waals surface area contributed by atoms with E-state index in [-0.39, 0.29) is 0 Å². The van der Waals surface area contributed by atoms with Crippen LogP contribution < -0.4 is 0 Å². The largest absolute Gasteiger partial charge is 0.577 e. The summed E-state index contributed by atoms with van der Waals surface area (Å²) in [6.45, 7) is 2.16. The first-order chi connectivity index (χ1) is 6.85. The van der Waals surface area contributed by atoms with Crippen molar-refractivity contribution in [2.75, 3.05) is 0 Å². The number of hydrogen-bond acceptors (Lipinski definition) is 3. The molecule has 0 bridgehead atoms. The molecular formula is C9H9MoNO3. The van der Waals surface area contributed by atoms with Crippen molar-refractivity contribution in [3.63, 3.8) is 0 Å². The Balaban J connectivity index is 0. The van der Waals surface area contributed by atoms with Gasteiger partial charge in [-0.05, 0) is 0 Å². The zero-order valence-corrected chi connectivity index (χ0v) is 9.60. The summed E-state index contributed by atoms with van der Waals surface area (Å²) in [6.07, 6.45) is 1.16. The molecular weight excluding hydrogens is 266 g/mol. The normalized spacial score (nSPS) is 6.07. The summed E-state index contributed by atoms with van der Waals surface area (Å²) in [5.74, 6) is 0. The molecule has 74 valence electrons. The van der Waals surface area contributed by atoms with Crippen LogP contribution in [0.25, 0.3) is 5.59 Å². The molecule has 5 heteroatoms. The summed E-state index contributed by atoms with van der Waals surface area (Å²) in [5, 5.41) is 0. The van der Waals surface area contributed by atoms with Gasteiger partial charge in [0.2, 0.25) is 0 Å². The maximum Gasteiger partial charge on any atom is -0.423 e. The van der Waals surface area contributed by atoms with Crippen molar-refractivity contribution in [2.24, 2.45) is 0 Å². The molecule has 1 aromatic rings. The van der Waals surface area contributed by atoms with E-state index >= 15 is 0 Å². The quantitative estimate of drug-likeness (QED) is 0.575. The Labute approximate surface area is 89.6 Å². The molecule has 0 aliphatic heterocycles. The fraction of sp³-hybridized carbons (Fsp3) is 0.222. The molecule has 0 aliphatic rings. The molecule has 1 aromatic carbocycles. The maximum atomic E-state index is 9.08. The Morgan fingerprint density at radius 3 is 1.79 bits per heavy atom. The number of nitroso groups, excluding NO2 is 1. The van der Waals surface area contributed by atoms with Crippen LogP contribution in [0.3, 0.4) is 0 Å². The number of carbonyl (C=O) groups excluding carboxylic acids is 2. The fourth-order valence-corrected chi connectivity index (χ4v) is 0.750. The molecule has 0 fully saturated rings. The van der Waals surface area contributed by atoms with Crippen molar-refractivity contribution in [1.82, 2.24) is 0 Å². The van der Waals surface area contributed by atoms with Crippen molar-refractivity contribution in [1.29, 1.82) is 0 Å². The third-order valence-electron chi connectivity index (χ3n) is 1.22. The van der Waals surface area contributed by atoms with Gasteiger partial charge in [0.15, 0.2) is 0 Å². The van der Waals surface area contributed by atoms with Crippen LogP contribution in [-0.4, -0.2) is 8.53 Å². The van der Waals surface area contributed by atoms with Gasteiger partial charge >= 0.3 is 35.8 Å². The molecule has 4 nitrogen and oxygen atoms in total. The smallest absolute Gasteiger partial charge is 0.423 e. The average molecular weight is 275 g/mol. The van der Waals surface area contributed by atoms with Gasteiger partial charge in [0.05, 0.1) is 0 Å². The molecule has 0 aromatic heterocycles. The average Bonchev–Trinajstić information content (AvgIpc) is 2.75. The molecule has 0 N–H and O–H groups in total. The summed E-state index contributed by atoms with van der Waals surface area (Å²) in [6, 6.07) is 8.41. The zero-order chi connectivity index (χ0) is 11.2. The van der Waals surface area contributed by atoms with Crippen LogP contribution in [0.15, 0.2) is 24.3 Å². The first kappa shape index (κ1) is 15.3. The number of hydrogen-bond donors (Lipinski definition) is 0. The summed E-state index contributed by atoms with van der Waals surface area (Å²) < 4.78 is 2.95. The van der Waals surface area contributed by atoms with Gasteiger partial charge in [-0.3, -0.25) is 0 Å². The molecule has 0 unspecified atom stereocenters. The Morgan fingerprint density at radius 2 is 1.64 bits per heavy atom. The number of nitrogens with zero attached hydrogens (tertiary/aromatic N) is 1. The standard InChI is InChI=1S/C7H9.2CO.Mo.NO/c1-2-7-5-3-4-6-7;2*1-2;;1-2/h3-6H,2H2,1H3;;;;/q-1;;;+2;-1. The molecule has 14 heavy (non-hydrogen) atoms. The van der Waals surface area contributed by atoms with E-state index in [1.165, 1.54) is 14.1 Å². The molecule has 1 rings (SSSR count). The van der Waals surface area contributed by atoms with Crippen LogP contribution in [0.2, 0.25) is 0 Å². The van der Waals surface area contributed by atoms with E-state index in [9.17, 15) is 0 Å². The van der Waals surface area contributed by atoms with Gasteiger partial charge in [-0.25, -0.2) is 12.1 Å². The Morgan fingerprint density at radius 1 is 1.21 bits per heavy atom. The molecule has 0 aliphatic carbocycles. The first-order valence-electron chi connectivity index (χ1n) is 3.64. The van der Waals surface area contributed by atoms with Crippen molar-refractivity contribution >= 4 is 8.53 Å². The van der Waals surface area contributed by atoms with Gasteiger partial charge in [0.25, 0.3) is 0 Å². The van der Waals surface area contributed by atoms with E-state index in [4.69, 9.17) is 20.1 Å². The summed E-state index contributed by atoms with van der Waals surface area (Å²) >= 11 is -1.12. The van der Waals surface area contributed by atoms with Crippen LogP contribution in [0.1, 0.15) is 12.5 Å². The monoisotopic (exact) mass is 277 g/mol. The van der Waals surface area contributed by atoms with Crippen molar-refractivity contribution in [2.45, 2.75) is 13.3 Å². The van der Waals surface area contributed by atoms with Crippen LogP contribution in [0.5, 0.6) is 0 Å². The van der Waals surface area contributed by atoms with Crippen molar-refractivity contribution in [3.05, 3.63) is 40.3 Å². The van der Waals surface area contributed by atoms with Gasteiger partial charge in [0.1, 0.15) is 0 Å². The second-order valence-corrected chi connectivity index (χ2v) is 3.24. The van der Waals surface area contributed by atoms with E-state index in [0.717, 1.165) is 6.42 Å². The van der Waals surface area contributed by atoms with E-state index < -0.39 is 17.6 Å². The van der Waals surface area contributed by atoms with Gasteiger partial charge in [-0.2, -0.15) is 17.7 Å². The minimum Gasteiger partial charge on any atom is -0.577 e. The zero-order valence-electron chi connectivity index (χ0n) is 7.60. The third kappa shape index (κ3) is 10.8. The summed E-state index contributed by atoms with van der Waals surface area (Å²) in [4.78, 5) is 25.4. The molecule has 0 spiro atoms. The third-order valence-corrected chi connectivity index (χ3v) is 1.63. The molecule has 0 saturated carbocycles. The maximum absolute atomic E-state index is 9.08. The van der Waals surface area contributed by atoms with Gasteiger partial charge in [-0.15, -0.1) is 0 Å². The van der Waals surface area contributed by atoms with E-state index in [1.54, 1.807) is 0 Å². The van der Waals surface area contributed by atoms with Crippen LogP contribution >= 0.6 is 0 Å². The van der Waals surface area contributed by atoms with Gasteiger partial charge in [-0.1, -0.05) is 13.3 Å². The minimum absolute atomic E-state index is 1.12. The fourth-order valence-electron chi connectivity index (χ4n) is 0.667. The Hall–Kier alpha value is -1.20. The second-order valence-electron chi connectivity index (χ2n) is 1.92. The molecule has 0 radical (unpaired) electrons. The number of rotatable bonds is 1. The molecule has 0 heterocycles. The van der Waals surface area contributed by atoms with Crippen LogP contribution in [-0.2, 0) is 33.7 Å². The van der Waals surface area contributed by atoms with E-state index in [1.807, 2.05) is 0 Å². The molecule has 0 amide bonds. The predicted molar refractivity (Wildman–Crippen MR) is 49.5 cm³/mol. The number of aryl methyl sites for hydroxylation is 1. The molecule has 0 atom stereocenters. The summed E-state index contributed by atoms with van der Waals surface area (Å²) in [7, 11) is 0. The van der Waals surface area contributed by atoms with Crippen LogP contribution in [0.4, 0.5) is 0 Å². The van der Waals surface area contributed by atoms with E-state index in [0.29, 0.717) is 0 Å². The SMILES string of the molecule is CC[c-]1cccc1.O=[C]=[Mo+2]=[C]=O.[N-]=O. The molecule has 0 saturated heterocycles.